The third kappa shape index (κ3) is 3.55. The molecular formula is C17H20ClFN2. The van der Waals surface area contributed by atoms with Crippen LogP contribution in [0.5, 0.6) is 0 Å². The first-order chi connectivity index (χ1) is 10.0. The molecule has 2 aromatic rings. The molecule has 2 nitrogen and oxygen atoms in total. The number of anilines is 1. The molecule has 2 aromatic carbocycles. The molecule has 4 heteroatoms. The van der Waals surface area contributed by atoms with Gasteiger partial charge in [-0.15, -0.1) is 0 Å². The quantitative estimate of drug-likeness (QED) is 0.898. The zero-order valence-corrected chi connectivity index (χ0v) is 13.1. The van der Waals surface area contributed by atoms with E-state index in [1.54, 1.807) is 6.07 Å². The molecule has 2 rings (SSSR count). The zero-order valence-electron chi connectivity index (χ0n) is 12.3. The van der Waals surface area contributed by atoms with Gasteiger partial charge in [-0.3, -0.25) is 0 Å². The lowest BCUT2D eigenvalue weighted by Gasteiger charge is -2.30. The van der Waals surface area contributed by atoms with Gasteiger partial charge in [-0.05, 0) is 49.2 Å². The van der Waals surface area contributed by atoms with Crippen LogP contribution in [0, 0.1) is 5.82 Å². The van der Waals surface area contributed by atoms with Gasteiger partial charge in [0.25, 0.3) is 0 Å². The summed E-state index contributed by atoms with van der Waals surface area (Å²) in [6.45, 7) is 2.53. The van der Waals surface area contributed by atoms with E-state index in [4.69, 9.17) is 17.3 Å². The molecule has 1 unspecified atom stereocenters. The van der Waals surface area contributed by atoms with Gasteiger partial charge in [-0.1, -0.05) is 35.9 Å². The van der Waals surface area contributed by atoms with Gasteiger partial charge in [-0.2, -0.15) is 0 Å². The maximum Gasteiger partial charge on any atom is 0.146 e. The summed E-state index contributed by atoms with van der Waals surface area (Å²) in [5.41, 5.74) is 8.21. The number of hydrogen-bond donors (Lipinski definition) is 1. The molecular weight excluding hydrogens is 287 g/mol. The predicted molar refractivity (Wildman–Crippen MR) is 87.4 cm³/mol. The van der Waals surface area contributed by atoms with Crippen molar-refractivity contribution in [2.45, 2.75) is 19.4 Å². The minimum absolute atomic E-state index is 0.0112. The average molecular weight is 307 g/mol. The number of nitrogens with two attached hydrogens (primary N) is 1. The van der Waals surface area contributed by atoms with Gasteiger partial charge in [0.15, 0.2) is 0 Å². The van der Waals surface area contributed by atoms with E-state index >= 15 is 0 Å². The van der Waals surface area contributed by atoms with Crippen LogP contribution < -0.4 is 10.6 Å². The molecule has 0 aliphatic heterocycles. The van der Waals surface area contributed by atoms with Crippen LogP contribution in [-0.2, 0) is 6.42 Å². The highest BCUT2D eigenvalue weighted by Gasteiger charge is 2.18. The van der Waals surface area contributed by atoms with Crippen molar-refractivity contribution in [3.63, 3.8) is 0 Å². The monoisotopic (exact) mass is 306 g/mol. The van der Waals surface area contributed by atoms with Crippen molar-refractivity contribution in [3.8, 4) is 0 Å². The second kappa shape index (κ2) is 6.92. The van der Waals surface area contributed by atoms with E-state index in [2.05, 4.69) is 0 Å². The summed E-state index contributed by atoms with van der Waals surface area (Å²) >= 11 is 6.04. The summed E-state index contributed by atoms with van der Waals surface area (Å²) in [5, 5.41) is 0.684. The molecule has 0 spiro atoms. The lowest BCUT2D eigenvalue weighted by Crippen LogP contribution is -2.24. The minimum Gasteiger partial charge on any atom is -0.365 e. The maximum atomic E-state index is 14.3. The molecule has 2 N–H and O–H groups in total. The highest BCUT2D eigenvalue weighted by Crippen LogP contribution is 2.31. The van der Waals surface area contributed by atoms with Crippen molar-refractivity contribution in [1.29, 1.82) is 0 Å². The Morgan fingerprint density at radius 3 is 2.62 bits per heavy atom. The Morgan fingerprint density at radius 1 is 1.24 bits per heavy atom. The SMILES string of the molecule is CC(c1cccc(Cl)c1)N(C)c1c(F)cccc1CCN. The molecule has 0 aromatic heterocycles. The minimum atomic E-state index is -0.225. The van der Waals surface area contributed by atoms with Crippen LogP contribution in [0.1, 0.15) is 24.1 Å². The second-order valence-corrected chi connectivity index (χ2v) is 5.56. The Bertz CT molecular complexity index is 615. The molecule has 0 saturated carbocycles. The van der Waals surface area contributed by atoms with Gasteiger partial charge in [0, 0.05) is 12.1 Å². The summed E-state index contributed by atoms with van der Waals surface area (Å²) in [4.78, 5) is 1.94. The summed E-state index contributed by atoms with van der Waals surface area (Å²) in [5.74, 6) is -0.225. The molecule has 0 fully saturated rings. The lowest BCUT2D eigenvalue weighted by atomic mass is 10.0. The Labute approximate surface area is 130 Å². The maximum absolute atomic E-state index is 14.3. The fourth-order valence-corrected chi connectivity index (χ4v) is 2.69. The first-order valence-corrected chi connectivity index (χ1v) is 7.38. The van der Waals surface area contributed by atoms with Crippen LogP contribution in [0.25, 0.3) is 0 Å². The Balaban J connectivity index is 2.37. The Morgan fingerprint density at radius 2 is 1.95 bits per heavy atom. The van der Waals surface area contributed by atoms with E-state index in [0.29, 0.717) is 23.7 Å². The Kier molecular flexibility index (Phi) is 5.21. The molecule has 0 bridgehead atoms. The number of hydrogen-bond acceptors (Lipinski definition) is 2. The van der Waals surface area contributed by atoms with Gasteiger partial charge in [0.1, 0.15) is 5.82 Å². The van der Waals surface area contributed by atoms with Crippen LogP contribution in [0.4, 0.5) is 10.1 Å². The van der Waals surface area contributed by atoms with Gasteiger partial charge >= 0.3 is 0 Å². The number of halogens is 2. The largest absolute Gasteiger partial charge is 0.365 e. The van der Waals surface area contributed by atoms with Crippen molar-refractivity contribution in [2.24, 2.45) is 5.73 Å². The topological polar surface area (TPSA) is 29.3 Å². The summed E-state index contributed by atoms with van der Waals surface area (Å²) < 4.78 is 14.3. The third-order valence-electron chi connectivity index (χ3n) is 3.75. The van der Waals surface area contributed by atoms with Crippen LogP contribution in [0.15, 0.2) is 42.5 Å². The molecule has 0 radical (unpaired) electrons. The van der Waals surface area contributed by atoms with Gasteiger partial charge in [-0.25, -0.2) is 4.39 Å². The molecule has 0 amide bonds. The van der Waals surface area contributed by atoms with Gasteiger partial charge in [0.05, 0.1) is 11.7 Å². The van der Waals surface area contributed by atoms with E-state index in [1.165, 1.54) is 6.07 Å². The average Bonchev–Trinajstić information content (AvgIpc) is 2.46. The number of rotatable bonds is 5. The molecule has 0 aliphatic rings. The first-order valence-electron chi connectivity index (χ1n) is 7.00. The van der Waals surface area contributed by atoms with Crippen molar-refractivity contribution in [3.05, 3.63) is 64.4 Å². The summed E-state index contributed by atoms with van der Waals surface area (Å²) in [6.07, 6.45) is 0.652. The number of nitrogens with zero attached hydrogens (tertiary/aromatic N) is 1. The lowest BCUT2D eigenvalue weighted by molar-refractivity contribution is 0.608. The Hall–Kier alpha value is -1.58. The van der Waals surface area contributed by atoms with E-state index in [1.807, 2.05) is 49.2 Å². The highest BCUT2D eigenvalue weighted by atomic mass is 35.5. The second-order valence-electron chi connectivity index (χ2n) is 5.13. The smallest absolute Gasteiger partial charge is 0.146 e. The normalized spacial score (nSPS) is 12.2. The van der Waals surface area contributed by atoms with Crippen molar-refractivity contribution in [2.75, 3.05) is 18.5 Å². The molecule has 0 heterocycles. The first kappa shape index (κ1) is 15.8. The van der Waals surface area contributed by atoms with E-state index in [0.717, 1.165) is 11.1 Å². The van der Waals surface area contributed by atoms with Crippen molar-refractivity contribution < 1.29 is 4.39 Å². The molecule has 0 aliphatic carbocycles. The number of benzene rings is 2. The fraction of sp³-hybridized carbons (Fsp3) is 0.294. The standard InChI is InChI=1S/C17H20ClFN2/c1-12(14-6-3-7-15(18)11-14)21(2)17-13(9-10-20)5-4-8-16(17)19/h3-8,11-12H,9-10,20H2,1-2H3. The summed E-state index contributed by atoms with van der Waals surface area (Å²) in [7, 11) is 1.89. The van der Waals surface area contributed by atoms with E-state index in [-0.39, 0.29) is 11.9 Å². The van der Waals surface area contributed by atoms with Crippen molar-refractivity contribution in [1.82, 2.24) is 0 Å². The molecule has 1 atom stereocenters. The van der Waals surface area contributed by atoms with Crippen LogP contribution in [-0.4, -0.2) is 13.6 Å². The third-order valence-corrected chi connectivity index (χ3v) is 3.98. The van der Waals surface area contributed by atoms with Crippen molar-refractivity contribution >= 4 is 17.3 Å². The van der Waals surface area contributed by atoms with Crippen LogP contribution in [0.2, 0.25) is 5.02 Å². The van der Waals surface area contributed by atoms with Gasteiger partial charge in [0.2, 0.25) is 0 Å². The molecule has 112 valence electrons. The van der Waals surface area contributed by atoms with Crippen LogP contribution >= 0.6 is 11.6 Å². The van der Waals surface area contributed by atoms with E-state index in [9.17, 15) is 4.39 Å². The van der Waals surface area contributed by atoms with E-state index < -0.39 is 0 Å². The molecule has 0 saturated heterocycles. The highest BCUT2D eigenvalue weighted by molar-refractivity contribution is 6.30. The molecule has 21 heavy (non-hydrogen) atoms. The fourth-order valence-electron chi connectivity index (χ4n) is 2.50. The predicted octanol–water partition coefficient (Wildman–Crippen LogP) is 4.18. The summed E-state index contributed by atoms with van der Waals surface area (Å²) in [6, 6.07) is 12.8. The zero-order chi connectivity index (χ0) is 15.4. The number of para-hydroxylation sites is 1. The van der Waals surface area contributed by atoms with Gasteiger partial charge < -0.3 is 10.6 Å². The van der Waals surface area contributed by atoms with Crippen LogP contribution in [0.3, 0.4) is 0 Å².